The van der Waals surface area contributed by atoms with Crippen LogP contribution in [0.3, 0.4) is 0 Å². The molecular weight excluding hydrogens is 224 g/mol. The van der Waals surface area contributed by atoms with Crippen LogP contribution in [0, 0.1) is 0 Å². The Labute approximate surface area is 108 Å². The maximum Gasteiger partial charge on any atom is 0.196 e. The van der Waals surface area contributed by atoms with Gasteiger partial charge in [-0.2, -0.15) is 0 Å². The topological polar surface area (TPSA) is 52.0 Å². The Balaban J connectivity index is 2.07. The molecule has 0 amide bonds. The van der Waals surface area contributed by atoms with Crippen molar-refractivity contribution in [2.75, 3.05) is 6.54 Å². The molecule has 96 valence electrons. The van der Waals surface area contributed by atoms with Crippen LogP contribution < -0.4 is 5.73 Å². The molecule has 0 aliphatic heterocycles. The van der Waals surface area contributed by atoms with Gasteiger partial charge in [0.1, 0.15) is 0 Å². The van der Waals surface area contributed by atoms with Crippen molar-refractivity contribution in [2.24, 2.45) is 5.73 Å². The summed E-state index contributed by atoms with van der Waals surface area (Å²) in [7, 11) is 0. The Morgan fingerprint density at radius 1 is 1.17 bits per heavy atom. The number of nitrogens with zero attached hydrogens (tertiary/aromatic N) is 1. The summed E-state index contributed by atoms with van der Waals surface area (Å²) in [6.07, 6.45) is 6.07. The highest BCUT2D eigenvalue weighted by atomic mass is 16.4. The first-order chi connectivity index (χ1) is 8.83. The molecule has 0 saturated heterocycles. The van der Waals surface area contributed by atoms with E-state index in [9.17, 15) is 0 Å². The van der Waals surface area contributed by atoms with Crippen LogP contribution in [0.2, 0.25) is 0 Å². The van der Waals surface area contributed by atoms with Gasteiger partial charge in [0.25, 0.3) is 0 Å². The van der Waals surface area contributed by atoms with Crippen molar-refractivity contribution in [3.8, 4) is 11.3 Å². The number of nitrogens with two attached hydrogens (primary N) is 1. The molecule has 1 heterocycles. The first-order valence-electron chi connectivity index (χ1n) is 6.57. The quantitative estimate of drug-likeness (QED) is 0.849. The van der Waals surface area contributed by atoms with E-state index in [1.54, 1.807) is 6.20 Å². The minimum Gasteiger partial charge on any atom is -0.441 e. The minimum atomic E-state index is 0.565. The van der Waals surface area contributed by atoms with Crippen molar-refractivity contribution in [3.63, 3.8) is 0 Å². The highest BCUT2D eigenvalue weighted by Gasteiger charge is 2.05. The molecule has 0 atom stereocenters. The van der Waals surface area contributed by atoms with E-state index in [1.807, 2.05) is 0 Å². The summed E-state index contributed by atoms with van der Waals surface area (Å²) >= 11 is 0. The SMILES string of the molecule is CCCCc1ccc(-c2cnc(CCN)o2)cc1. The first-order valence-corrected chi connectivity index (χ1v) is 6.57. The van der Waals surface area contributed by atoms with E-state index in [4.69, 9.17) is 10.2 Å². The Morgan fingerprint density at radius 3 is 2.61 bits per heavy atom. The number of oxazole rings is 1. The largest absolute Gasteiger partial charge is 0.441 e. The lowest BCUT2D eigenvalue weighted by Gasteiger charge is -2.01. The summed E-state index contributed by atoms with van der Waals surface area (Å²) in [6, 6.07) is 8.52. The van der Waals surface area contributed by atoms with Gasteiger partial charge in [-0.3, -0.25) is 0 Å². The average Bonchev–Trinajstić information content (AvgIpc) is 2.86. The Morgan fingerprint density at radius 2 is 1.94 bits per heavy atom. The molecule has 2 aromatic rings. The van der Waals surface area contributed by atoms with Crippen molar-refractivity contribution in [1.82, 2.24) is 4.98 Å². The second-order valence-corrected chi connectivity index (χ2v) is 4.46. The monoisotopic (exact) mass is 244 g/mol. The summed E-state index contributed by atoms with van der Waals surface area (Å²) in [5.41, 5.74) is 7.93. The molecule has 2 rings (SSSR count). The van der Waals surface area contributed by atoms with Crippen LogP contribution in [0.15, 0.2) is 34.9 Å². The van der Waals surface area contributed by atoms with Crippen molar-refractivity contribution in [1.29, 1.82) is 0 Å². The molecule has 0 unspecified atom stereocenters. The van der Waals surface area contributed by atoms with Crippen LogP contribution >= 0.6 is 0 Å². The molecule has 3 nitrogen and oxygen atoms in total. The highest BCUT2D eigenvalue weighted by Crippen LogP contribution is 2.21. The van der Waals surface area contributed by atoms with Crippen LogP contribution in [0.5, 0.6) is 0 Å². The zero-order chi connectivity index (χ0) is 12.8. The molecule has 1 aromatic carbocycles. The molecule has 3 heteroatoms. The number of rotatable bonds is 6. The molecule has 0 saturated carbocycles. The van der Waals surface area contributed by atoms with Crippen molar-refractivity contribution in [2.45, 2.75) is 32.6 Å². The summed E-state index contributed by atoms with van der Waals surface area (Å²) in [6.45, 7) is 2.78. The molecule has 0 aliphatic rings. The molecule has 0 radical (unpaired) electrons. The number of hydrogen-bond acceptors (Lipinski definition) is 3. The van der Waals surface area contributed by atoms with E-state index >= 15 is 0 Å². The second-order valence-electron chi connectivity index (χ2n) is 4.46. The average molecular weight is 244 g/mol. The predicted molar refractivity (Wildman–Crippen MR) is 73.3 cm³/mol. The molecule has 18 heavy (non-hydrogen) atoms. The molecule has 1 aromatic heterocycles. The number of unbranched alkanes of at least 4 members (excludes halogenated alkanes) is 1. The van der Waals surface area contributed by atoms with Crippen LogP contribution in [-0.2, 0) is 12.8 Å². The third-order valence-electron chi connectivity index (χ3n) is 2.97. The summed E-state index contributed by atoms with van der Waals surface area (Å²) in [4.78, 5) is 4.21. The van der Waals surface area contributed by atoms with E-state index in [-0.39, 0.29) is 0 Å². The number of benzene rings is 1. The van der Waals surface area contributed by atoms with Crippen molar-refractivity contribution < 1.29 is 4.42 Å². The molecule has 0 fully saturated rings. The van der Waals surface area contributed by atoms with Crippen LogP contribution in [-0.4, -0.2) is 11.5 Å². The lowest BCUT2D eigenvalue weighted by molar-refractivity contribution is 0.508. The van der Waals surface area contributed by atoms with Crippen molar-refractivity contribution >= 4 is 0 Å². The third-order valence-corrected chi connectivity index (χ3v) is 2.97. The zero-order valence-corrected chi connectivity index (χ0v) is 10.9. The van der Waals surface area contributed by atoms with Gasteiger partial charge in [0.2, 0.25) is 0 Å². The summed E-state index contributed by atoms with van der Waals surface area (Å²) < 4.78 is 5.64. The summed E-state index contributed by atoms with van der Waals surface area (Å²) in [5.74, 6) is 1.53. The Hall–Kier alpha value is -1.61. The lowest BCUT2D eigenvalue weighted by atomic mass is 10.1. The maximum atomic E-state index is 5.64. The van der Waals surface area contributed by atoms with Gasteiger partial charge in [0.15, 0.2) is 11.7 Å². The normalized spacial score (nSPS) is 10.8. The van der Waals surface area contributed by atoms with Crippen LogP contribution in [0.25, 0.3) is 11.3 Å². The van der Waals surface area contributed by atoms with Gasteiger partial charge in [-0.05, 0) is 18.4 Å². The minimum absolute atomic E-state index is 0.565. The van der Waals surface area contributed by atoms with Gasteiger partial charge >= 0.3 is 0 Å². The zero-order valence-electron chi connectivity index (χ0n) is 10.9. The number of aryl methyl sites for hydroxylation is 1. The Kier molecular flexibility index (Phi) is 4.53. The van der Waals surface area contributed by atoms with E-state index in [2.05, 4.69) is 36.2 Å². The van der Waals surface area contributed by atoms with Gasteiger partial charge in [-0.1, -0.05) is 37.6 Å². The van der Waals surface area contributed by atoms with E-state index in [1.165, 1.54) is 18.4 Å². The van der Waals surface area contributed by atoms with Crippen LogP contribution in [0.4, 0.5) is 0 Å². The first kappa shape index (κ1) is 12.8. The highest BCUT2D eigenvalue weighted by molar-refractivity contribution is 5.56. The van der Waals surface area contributed by atoms with E-state index in [0.717, 1.165) is 17.7 Å². The fourth-order valence-corrected chi connectivity index (χ4v) is 1.90. The fourth-order valence-electron chi connectivity index (χ4n) is 1.90. The maximum absolute atomic E-state index is 5.64. The molecule has 0 aliphatic carbocycles. The number of aromatic nitrogens is 1. The second kappa shape index (κ2) is 6.36. The molecule has 2 N–H and O–H groups in total. The van der Waals surface area contributed by atoms with Crippen molar-refractivity contribution in [3.05, 3.63) is 41.9 Å². The fraction of sp³-hybridized carbons (Fsp3) is 0.400. The predicted octanol–water partition coefficient (Wildman–Crippen LogP) is 3.19. The van der Waals surface area contributed by atoms with Gasteiger partial charge in [-0.15, -0.1) is 0 Å². The third kappa shape index (κ3) is 3.20. The van der Waals surface area contributed by atoms with E-state index < -0.39 is 0 Å². The van der Waals surface area contributed by atoms with Gasteiger partial charge in [0, 0.05) is 18.5 Å². The van der Waals surface area contributed by atoms with Crippen LogP contribution in [0.1, 0.15) is 31.2 Å². The Bertz CT molecular complexity index is 473. The van der Waals surface area contributed by atoms with Gasteiger partial charge in [-0.25, -0.2) is 4.98 Å². The molecule has 0 spiro atoms. The standard InChI is InChI=1S/C15H20N2O/c1-2-3-4-12-5-7-13(8-6-12)14-11-17-15(18-14)9-10-16/h5-8,11H,2-4,9-10,16H2,1H3. The summed E-state index contributed by atoms with van der Waals surface area (Å²) in [5, 5.41) is 0. The number of hydrogen-bond donors (Lipinski definition) is 1. The van der Waals surface area contributed by atoms with Gasteiger partial charge < -0.3 is 10.2 Å². The molecular formula is C15H20N2O. The lowest BCUT2D eigenvalue weighted by Crippen LogP contribution is -2.02. The van der Waals surface area contributed by atoms with Gasteiger partial charge in [0.05, 0.1) is 6.20 Å². The smallest absolute Gasteiger partial charge is 0.196 e. The molecule has 0 bridgehead atoms. The van der Waals surface area contributed by atoms with E-state index in [0.29, 0.717) is 18.9 Å².